The summed E-state index contributed by atoms with van der Waals surface area (Å²) >= 11 is 0. The highest BCUT2D eigenvalue weighted by Gasteiger charge is 2.38. The van der Waals surface area contributed by atoms with Crippen molar-refractivity contribution in [3.63, 3.8) is 0 Å². The topological polar surface area (TPSA) is 70.5 Å². The van der Waals surface area contributed by atoms with E-state index in [1.165, 1.54) is 0 Å². The molecule has 0 radical (unpaired) electrons. The molecule has 3 rings (SSSR count). The Kier molecular flexibility index (Phi) is 5.96. The van der Waals surface area contributed by atoms with Crippen LogP contribution in [0.5, 0.6) is 23.0 Å². The molecule has 0 saturated carbocycles. The lowest BCUT2D eigenvalue weighted by molar-refractivity contribution is -0.138. The summed E-state index contributed by atoms with van der Waals surface area (Å²) in [6.07, 6.45) is -5.33. The zero-order valence-corrected chi connectivity index (χ0v) is 15.6. The average Bonchev–Trinajstić information content (AvgIpc) is 2.74. The molecule has 0 aliphatic rings. The van der Waals surface area contributed by atoms with Gasteiger partial charge in [-0.05, 0) is 12.1 Å². The van der Waals surface area contributed by atoms with Gasteiger partial charge in [0.25, 0.3) is 0 Å². The van der Waals surface area contributed by atoms with Crippen LogP contribution in [0.3, 0.4) is 0 Å². The van der Waals surface area contributed by atoms with E-state index in [0.29, 0.717) is 12.1 Å². The van der Waals surface area contributed by atoms with Crippen molar-refractivity contribution in [2.24, 2.45) is 0 Å². The summed E-state index contributed by atoms with van der Waals surface area (Å²) in [5, 5.41) is 0. The Morgan fingerprint density at radius 1 is 0.545 bits per heavy atom. The molecule has 3 aromatic carbocycles. The van der Waals surface area contributed by atoms with Gasteiger partial charge in [-0.2, -0.15) is 26.3 Å². The smallest absolute Gasteiger partial charge is 0.420 e. The molecule has 0 spiro atoms. The molecule has 0 heterocycles. The van der Waals surface area contributed by atoms with Crippen LogP contribution in [0.25, 0.3) is 0 Å². The van der Waals surface area contributed by atoms with Gasteiger partial charge in [-0.25, -0.2) is 17.6 Å². The van der Waals surface area contributed by atoms with E-state index in [4.69, 9.17) is 11.5 Å². The summed E-state index contributed by atoms with van der Waals surface area (Å²) in [7, 11) is 0. The minimum atomic E-state index is -5.33. The Labute approximate surface area is 176 Å². The molecule has 176 valence electrons. The maximum absolute atomic E-state index is 14.9. The van der Waals surface area contributed by atoms with Crippen LogP contribution < -0.4 is 20.9 Å². The minimum Gasteiger partial charge on any atom is -0.451 e. The van der Waals surface area contributed by atoms with Gasteiger partial charge in [0.05, 0.1) is 11.4 Å². The second-order valence-corrected chi connectivity index (χ2v) is 6.27. The minimum absolute atomic E-state index is 0.149. The Morgan fingerprint density at radius 2 is 1.00 bits per heavy atom. The zero-order valence-electron chi connectivity index (χ0n) is 15.6. The SMILES string of the molecule is Nc1cc(Oc2ccc(C(F)(F)F)c(Oc3cc(N)c(F)c(F)c3F)c2F)c(F)c(F)c1F. The van der Waals surface area contributed by atoms with Crippen LogP contribution in [-0.2, 0) is 6.18 Å². The van der Waals surface area contributed by atoms with E-state index in [-0.39, 0.29) is 12.1 Å². The number of alkyl halides is 3. The van der Waals surface area contributed by atoms with Crippen LogP contribution in [-0.4, -0.2) is 0 Å². The van der Waals surface area contributed by atoms with E-state index in [2.05, 4.69) is 9.47 Å². The highest BCUT2D eigenvalue weighted by molar-refractivity contribution is 5.53. The molecule has 4 nitrogen and oxygen atoms in total. The van der Waals surface area contributed by atoms with Crippen molar-refractivity contribution in [1.29, 1.82) is 0 Å². The van der Waals surface area contributed by atoms with E-state index in [0.717, 1.165) is 0 Å². The number of hydrogen-bond donors (Lipinski definition) is 2. The quantitative estimate of drug-likeness (QED) is 0.254. The largest absolute Gasteiger partial charge is 0.451 e. The Morgan fingerprint density at radius 3 is 1.45 bits per heavy atom. The number of halogens is 10. The Hall–Kier alpha value is -3.84. The highest BCUT2D eigenvalue weighted by Crippen LogP contribution is 2.45. The van der Waals surface area contributed by atoms with Crippen molar-refractivity contribution in [1.82, 2.24) is 0 Å². The van der Waals surface area contributed by atoms with Gasteiger partial charge in [0.1, 0.15) is 5.56 Å². The van der Waals surface area contributed by atoms with Crippen LogP contribution in [0.2, 0.25) is 0 Å². The van der Waals surface area contributed by atoms with Crippen LogP contribution in [0.4, 0.5) is 55.3 Å². The monoisotopic (exact) mass is 486 g/mol. The van der Waals surface area contributed by atoms with Gasteiger partial charge in [0.2, 0.25) is 17.5 Å². The summed E-state index contributed by atoms with van der Waals surface area (Å²) in [6.45, 7) is 0. The summed E-state index contributed by atoms with van der Waals surface area (Å²) in [5.74, 6) is -19.9. The third-order valence-corrected chi connectivity index (χ3v) is 4.08. The number of anilines is 2. The van der Waals surface area contributed by atoms with E-state index < -0.39 is 86.8 Å². The fraction of sp³-hybridized carbons (Fsp3) is 0.0526. The second kappa shape index (κ2) is 8.26. The maximum Gasteiger partial charge on any atom is 0.420 e. The highest BCUT2D eigenvalue weighted by atomic mass is 19.4. The molecule has 3 aromatic rings. The van der Waals surface area contributed by atoms with Gasteiger partial charge in [0, 0.05) is 12.1 Å². The molecule has 0 fully saturated rings. The molecule has 0 saturated heterocycles. The molecule has 0 unspecified atom stereocenters. The van der Waals surface area contributed by atoms with Crippen molar-refractivity contribution in [3.05, 3.63) is 70.5 Å². The van der Waals surface area contributed by atoms with E-state index >= 15 is 0 Å². The van der Waals surface area contributed by atoms with Crippen molar-refractivity contribution in [2.75, 3.05) is 11.5 Å². The fourth-order valence-electron chi connectivity index (χ4n) is 2.52. The maximum atomic E-state index is 14.9. The first kappa shape index (κ1) is 23.8. The fourth-order valence-corrected chi connectivity index (χ4v) is 2.52. The molecule has 14 heteroatoms. The lowest BCUT2D eigenvalue weighted by Crippen LogP contribution is -2.10. The molecule has 0 aliphatic carbocycles. The van der Waals surface area contributed by atoms with Crippen LogP contribution in [0.15, 0.2) is 24.3 Å². The Bertz CT molecular complexity index is 1260. The summed E-state index contributed by atoms with van der Waals surface area (Å²) in [6, 6.07) is 1.09. The number of rotatable bonds is 4. The van der Waals surface area contributed by atoms with Gasteiger partial charge in [-0.3, -0.25) is 0 Å². The predicted molar refractivity (Wildman–Crippen MR) is 93.0 cm³/mol. The van der Waals surface area contributed by atoms with Crippen LogP contribution in [0, 0.1) is 40.7 Å². The van der Waals surface area contributed by atoms with Gasteiger partial charge in [-0.1, -0.05) is 0 Å². The third kappa shape index (κ3) is 4.27. The standard InChI is InChI=1S/C19H8F10N2O2/c20-11-6(30)3-9(13(22)16(11)25)32-8-2-1-5(19(27,28)29)18(15(8)24)33-10-4-7(31)12(21)17(26)14(10)23/h1-4H,30-31H2. The number of nitrogen functional groups attached to an aromatic ring is 2. The lowest BCUT2D eigenvalue weighted by Gasteiger charge is -2.18. The first-order chi connectivity index (χ1) is 15.2. The number of ether oxygens (including phenoxy) is 2. The lowest BCUT2D eigenvalue weighted by atomic mass is 10.1. The molecule has 0 aromatic heterocycles. The third-order valence-electron chi connectivity index (χ3n) is 4.08. The molecule has 33 heavy (non-hydrogen) atoms. The van der Waals surface area contributed by atoms with Crippen molar-refractivity contribution < 1.29 is 53.4 Å². The van der Waals surface area contributed by atoms with Gasteiger partial charge in [0.15, 0.2) is 46.3 Å². The first-order valence-corrected chi connectivity index (χ1v) is 8.35. The van der Waals surface area contributed by atoms with Crippen LogP contribution >= 0.6 is 0 Å². The summed E-state index contributed by atoms with van der Waals surface area (Å²) in [4.78, 5) is 0. The second-order valence-electron chi connectivity index (χ2n) is 6.27. The molecular formula is C19H8F10N2O2. The molecule has 4 N–H and O–H groups in total. The summed E-state index contributed by atoms with van der Waals surface area (Å²) in [5.41, 5.74) is 6.24. The Balaban J connectivity index is 2.16. The van der Waals surface area contributed by atoms with Gasteiger partial charge in [-0.15, -0.1) is 0 Å². The van der Waals surface area contributed by atoms with E-state index in [9.17, 15) is 43.9 Å². The normalized spacial score (nSPS) is 11.6. The molecule has 0 aliphatic heterocycles. The molecular weight excluding hydrogens is 478 g/mol. The van der Waals surface area contributed by atoms with Crippen LogP contribution in [0.1, 0.15) is 5.56 Å². The van der Waals surface area contributed by atoms with Crippen molar-refractivity contribution in [3.8, 4) is 23.0 Å². The van der Waals surface area contributed by atoms with E-state index in [1.807, 2.05) is 0 Å². The number of nitrogens with two attached hydrogens (primary N) is 2. The predicted octanol–water partition coefficient (Wildman–Crippen LogP) is 6.43. The number of hydrogen-bond acceptors (Lipinski definition) is 4. The zero-order chi connectivity index (χ0) is 24.8. The summed E-state index contributed by atoms with van der Waals surface area (Å²) < 4.78 is 145. The molecule has 0 bridgehead atoms. The molecule has 0 atom stereocenters. The van der Waals surface area contributed by atoms with Gasteiger partial charge < -0.3 is 20.9 Å². The molecule has 0 amide bonds. The van der Waals surface area contributed by atoms with Gasteiger partial charge >= 0.3 is 6.18 Å². The van der Waals surface area contributed by atoms with Crippen molar-refractivity contribution in [2.45, 2.75) is 6.18 Å². The number of benzene rings is 3. The van der Waals surface area contributed by atoms with E-state index in [1.54, 1.807) is 0 Å². The average molecular weight is 486 g/mol. The first-order valence-electron chi connectivity index (χ1n) is 8.35. The van der Waals surface area contributed by atoms with Crippen molar-refractivity contribution >= 4 is 11.4 Å².